The highest BCUT2D eigenvalue weighted by Gasteiger charge is 2.34. The Kier molecular flexibility index (Phi) is 3.99. The van der Waals surface area contributed by atoms with Crippen LogP contribution in [0.25, 0.3) is 0 Å². The maximum Gasteiger partial charge on any atom is 0.251 e. The van der Waals surface area contributed by atoms with Gasteiger partial charge in [-0.15, -0.1) is 0 Å². The zero-order chi connectivity index (χ0) is 14.0. The zero-order valence-electron chi connectivity index (χ0n) is 10.8. The molecule has 2 heterocycles. The van der Waals surface area contributed by atoms with E-state index in [0.717, 1.165) is 5.56 Å². The van der Waals surface area contributed by atoms with E-state index in [1.165, 1.54) is 15.5 Å². The molecule has 104 valence electrons. The molecule has 2 atom stereocenters. The summed E-state index contributed by atoms with van der Waals surface area (Å²) in [5.74, 6) is -0.342. The molecule has 1 aliphatic heterocycles. The van der Waals surface area contributed by atoms with E-state index >= 15 is 0 Å². The average molecular weight is 268 g/mol. The van der Waals surface area contributed by atoms with E-state index in [4.69, 9.17) is 5.11 Å². The monoisotopic (exact) mass is 268 g/mol. The van der Waals surface area contributed by atoms with Gasteiger partial charge in [0.15, 0.2) is 0 Å². The number of hydrogen-bond acceptors (Lipinski definition) is 3. The highest BCUT2D eigenvalue weighted by atomic mass is 19.1. The molecule has 2 rings (SSSR count). The molecule has 0 aromatic carbocycles. The maximum atomic E-state index is 13.3. The van der Waals surface area contributed by atoms with Crippen LogP contribution in [0.4, 0.5) is 4.39 Å². The summed E-state index contributed by atoms with van der Waals surface area (Å²) >= 11 is 0. The number of carbonyl (C=O) groups excluding carboxylic acids is 1. The number of aryl methyl sites for hydroxylation is 1. The van der Waals surface area contributed by atoms with E-state index < -0.39 is 12.2 Å². The van der Waals surface area contributed by atoms with Crippen LogP contribution in [-0.2, 0) is 11.3 Å². The number of hydrogen-bond donors (Lipinski definition) is 1. The van der Waals surface area contributed by atoms with Gasteiger partial charge in [-0.25, -0.2) is 4.39 Å². The van der Waals surface area contributed by atoms with Crippen LogP contribution < -0.4 is 5.56 Å². The molecule has 1 aromatic heterocycles. The summed E-state index contributed by atoms with van der Waals surface area (Å²) in [6.45, 7) is 1.41. The highest BCUT2D eigenvalue weighted by Crippen LogP contribution is 2.20. The van der Waals surface area contributed by atoms with E-state index in [0.29, 0.717) is 0 Å². The number of rotatable bonds is 3. The van der Waals surface area contributed by atoms with Gasteiger partial charge in [0.1, 0.15) is 12.7 Å². The van der Waals surface area contributed by atoms with Crippen molar-refractivity contribution in [2.24, 2.45) is 0 Å². The number of likely N-dealkylation sites (tertiary alicyclic amines) is 1. The Morgan fingerprint density at radius 2 is 2.32 bits per heavy atom. The first-order chi connectivity index (χ1) is 9.01. The van der Waals surface area contributed by atoms with Crippen LogP contribution in [-0.4, -0.2) is 45.8 Å². The molecule has 1 saturated heterocycles. The number of halogens is 1. The lowest BCUT2D eigenvalue weighted by Gasteiger charge is -2.22. The third-order valence-corrected chi connectivity index (χ3v) is 3.35. The van der Waals surface area contributed by atoms with Gasteiger partial charge in [0, 0.05) is 18.7 Å². The average Bonchev–Trinajstić information content (AvgIpc) is 2.74. The number of aromatic nitrogens is 1. The molecule has 0 unspecified atom stereocenters. The fourth-order valence-electron chi connectivity index (χ4n) is 2.31. The number of aliphatic hydroxyl groups is 1. The second-order valence-corrected chi connectivity index (χ2v) is 4.89. The first kappa shape index (κ1) is 13.7. The molecule has 1 aliphatic rings. The van der Waals surface area contributed by atoms with Gasteiger partial charge in [-0.05, 0) is 18.6 Å². The molecule has 0 aliphatic carbocycles. The molecule has 6 heteroatoms. The van der Waals surface area contributed by atoms with Crippen molar-refractivity contribution in [2.75, 3.05) is 13.2 Å². The van der Waals surface area contributed by atoms with Gasteiger partial charge in [0.25, 0.3) is 5.56 Å². The normalized spacial score (nSPS) is 22.8. The lowest BCUT2D eigenvalue weighted by atomic mass is 10.2. The molecule has 0 spiro atoms. The molecule has 1 amide bonds. The predicted molar refractivity (Wildman–Crippen MR) is 67.5 cm³/mol. The summed E-state index contributed by atoms with van der Waals surface area (Å²) in [5, 5.41) is 9.13. The van der Waals surface area contributed by atoms with E-state index in [9.17, 15) is 14.0 Å². The second kappa shape index (κ2) is 5.52. The van der Waals surface area contributed by atoms with E-state index in [2.05, 4.69) is 0 Å². The molecule has 0 bridgehead atoms. The van der Waals surface area contributed by atoms with Gasteiger partial charge >= 0.3 is 0 Å². The summed E-state index contributed by atoms with van der Waals surface area (Å²) in [4.78, 5) is 25.0. The highest BCUT2D eigenvalue weighted by molar-refractivity contribution is 5.76. The Balaban J connectivity index is 2.10. The Labute approximate surface area is 110 Å². The predicted octanol–water partition coefficient (Wildman–Crippen LogP) is 0.0880. The number of alkyl halides is 1. The maximum absolute atomic E-state index is 13.3. The third kappa shape index (κ3) is 3.01. The quantitative estimate of drug-likeness (QED) is 0.845. The number of aliphatic hydroxyl groups excluding tert-OH is 1. The fraction of sp³-hybridized carbons (Fsp3) is 0.538. The Morgan fingerprint density at radius 1 is 1.58 bits per heavy atom. The molecule has 5 nitrogen and oxygen atoms in total. The van der Waals surface area contributed by atoms with Crippen LogP contribution >= 0.6 is 0 Å². The SMILES string of the molecule is Cc1ccn(CC(=O)N2C[C@@H](F)C[C@H]2CO)c(=O)c1. The van der Waals surface area contributed by atoms with E-state index in [1.807, 2.05) is 0 Å². The van der Waals surface area contributed by atoms with Crippen molar-refractivity contribution in [3.63, 3.8) is 0 Å². The summed E-state index contributed by atoms with van der Waals surface area (Å²) in [6, 6.07) is 2.70. The van der Waals surface area contributed by atoms with Crippen LogP contribution in [0, 0.1) is 6.92 Å². The Bertz CT molecular complexity index is 529. The van der Waals surface area contributed by atoms with Crippen molar-refractivity contribution in [1.82, 2.24) is 9.47 Å². The standard InChI is InChI=1S/C13H17FN2O3/c1-9-2-3-15(12(18)4-9)7-13(19)16-6-10(14)5-11(16)8-17/h2-4,10-11,17H,5-8H2,1H3/t10-,11-/m0/s1. The van der Waals surface area contributed by atoms with Crippen molar-refractivity contribution < 1.29 is 14.3 Å². The lowest BCUT2D eigenvalue weighted by Crippen LogP contribution is -2.41. The van der Waals surface area contributed by atoms with Crippen molar-refractivity contribution in [1.29, 1.82) is 0 Å². The smallest absolute Gasteiger partial charge is 0.251 e. The van der Waals surface area contributed by atoms with E-state index in [-0.39, 0.29) is 37.6 Å². The molecule has 1 fully saturated rings. The van der Waals surface area contributed by atoms with Gasteiger partial charge in [-0.2, -0.15) is 0 Å². The van der Waals surface area contributed by atoms with Crippen LogP contribution in [0.5, 0.6) is 0 Å². The fourth-order valence-corrected chi connectivity index (χ4v) is 2.31. The zero-order valence-corrected chi connectivity index (χ0v) is 10.8. The van der Waals surface area contributed by atoms with Gasteiger partial charge in [-0.1, -0.05) is 0 Å². The number of pyridine rings is 1. The first-order valence-electron chi connectivity index (χ1n) is 6.22. The van der Waals surface area contributed by atoms with Gasteiger partial charge < -0.3 is 14.6 Å². The van der Waals surface area contributed by atoms with Crippen molar-refractivity contribution in [3.05, 3.63) is 34.2 Å². The minimum atomic E-state index is -1.10. The van der Waals surface area contributed by atoms with Crippen molar-refractivity contribution in [3.8, 4) is 0 Å². The first-order valence-corrected chi connectivity index (χ1v) is 6.22. The molecule has 19 heavy (non-hydrogen) atoms. The Morgan fingerprint density at radius 3 is 2.95 bits per heavy atom. The van der Waals surface area contributed by atoms with Gasteiger partial charge in [0.2, 0.25) is 5.91 Å². The number of amides is 1. The minimum absolute atomic E-state index is 0.00925. The molecule has 1 aromatic rings. The topological polar surface area (TPSA) is 62.5 Å². The molecule has 0 radical (unpaired) electrons. The van der Waals surface area contributed by atoms with Crippen LogP contribution in [0.3, 0.4) is 0 Å². The van der Waals surface area contributed by atoms with Crippen molar-refractivity contribution in [2.45, 2.75) is 32.1 Å². The van der Waals surface area contributed by atoms with Gasteiger partial charge in [0.05, 0.1) is 19.2 Å². The summed E-state index contributed by atoms with van der Waals surface area (Å²) in [5.41, 5.74) is 0.567. The molecular weight excluding hydrogens is 251 g/mol. The second-order valence-electron chi connectivity index (χ2n) is 4.89. The number of nitrogens with zero attached hydrogens (tertiary/aromatic N) is 2. The summed E-state index contributed by atoms with van der Waals surface area (Å²) in [6.07, 6.45) is 0.605. The van der Waals surface area contributed by atoms with Crippen LogP contribution in [0.15, 0.2) is 23.1 Å². The Hall–Kier alpha value is -1.69. The minimum Gasteiger partial charge on any atom is -0.394 e. The van der Waals surface area contributed by atoms with Gasteiger partial charge in [-0.3, -0.25) is 9.59 Å². The molecule has 1 N–H and O–H groups in total. The largest absolute Gasteiger partial charge is 0.394 e. The summed E-state index contributed by atoms with van der Waals surface area (Å²) in [7, 11) is 0. The summed E-state index contributed by atoms with van der Waals surface area (Å²) < 4.78 is 14.6. The molecular formula is C13H17FN2O3. The van der Waals surface area contributed by atoms with Crippen LogP contribution in [0.2, 0.25) is 0 Å². The lowest BCUT2D eigenvalue weighted by molar-refractivity contribution is -0.133. The number of carbonyl (C=O) groups is 1. The van der Waals surface area contributed by atoms with E-state index in [1.54, 1.807) is 19.2 Å². The van der Waals surface area contributed by atoms with Crippen LogP contribution in [0.1, 0.15) is 12.0 Å². The molecule has 0 saturated carbocycles. The van der Waals surface area contributed by atoms with Crippen molar-refractivity contribution >= 4 is 5.91 Å². The third-order valence-electron chi connectivity index (χ3n) is 3.35.